The summed E-state index contributed by atoms with van der Waals surface area (Å²) in [5, 5.41) is 21.5. The molecule has 0 saturated heterocycles. The Bertz CT molecular complexity index is 1310. The van der Waals surface area contributed by atoms with Crippen LogP contribution in [0.1, 0.15) is 0 Å². The van der Waals surface area contributed by atoms with Gasteiger partial charge in [0.2, 0.25) is 0 Å². The van der Waals surface area contributed by atoms with Gasteiger partial charge in [0.25, 0.3) is 10.1 Å². The van der Waals surface area contributed by atoms with Gasteiger partial charge in [-0.25, -0.2) is 0 Å². The quantitative estimate of drug-likeness (QED) is 0.370. The highest BCUT2D eigenvalue weighted by Crippen LogP contribution is 2.35. The first-order chi connectivity index (χ1) is 12.9. The van der Waals surface area contributed by atoms with Gasteiger partial charge < -0.3 is 5.11 Å². The molecular weight excluding hydrogens is 364 g/mol. The molecule has 27 heavy (non-hydrogen) atoms. The zero-order valence-electron chi connectivity index (χ0n) is 13.9. The largest absolute Gasteiger partial charge is 0.507 e. The molecule has 0 atom stereocenters. The summed E-state index contributed by atoms with van der Waals surface area (Å²) in [6, 6.07) is 20.5. The van der Waals surface area contributed by atoms with Crippen molar-refractivity contribution in [1.29, 1.82) is 0 Å². The smallest absolute Gasteiger partial charge is 0.294 e. The molecule has 0 aromatic heterocycles. The molecule has 7 heteroatoms. The maximum absolute atomic E-state index is 11.3. The van der Waals surface area contributed by atoms with Gasteiger partial charge in [0.15, 0.2) is 0 Å². The number of aromatic hydroxyl groups is 1. The van der Waals surface area contributed by atoms with Crippen molar-refractivity contribution < 1.29 is 18.1 Å². The summed E-state index contributed by atoms with van der Waals surface area (Å²) in [6.07, 6.45) is 0. The van der Waals surface area contributed by atoms with E-state index in [2.05, 4.69) is 10.2 Å². The number of benzene rings is 4. The molecule has 0 bridgehead atoms. The number of phenolic OH excluding ortho intramolecular Hbond substituents is 1. The Hall–Kier alpha value is -3.29. The van der Waals surface area contributed by atoms with Crippen molar-refractivity contribution in [2.45, 2.75) is 4.90 Å². The van der Waals surface area contributed by atoms with E-state index in [1.165, 1.54) is 24.3 Å². The number of fused-ring (bicyclic) bond motifs is 2. The first kappa shape index (κ1) is 17.1. The molecule has 0 radical (unpaired) electrons. The second kappa shape index (κ2) is 6.46. The number of phenols is 1. The van der Waals surface area contributed by atoms with Crippen LogP contribution in [-0.4, -0.2) is 18.1 Å². The van der Waals surface area contributed by atoms with E-state index in [1.807, 2.05) is 42.5 Å². The van der Waals surface area contributed by atoms with E-state index in [9.17, 15) is 18.1 Å². The van der Waals surface area contributed by atoms with Crippen LogP contribution in [0.2, 0.25) is 0 Å². The molecule has 0 spiro atoms. The maximum atomic E-state index is 11.3. The third-order valence-corrected chi connectivity index (χ3v) is 5.12. The van der Waals surface area contributed by atoms with Crippen LogP contribution in [0.5, 0.6) is 5.75 Å². The topological polar surface area (TPSA) is 99.3 Å². The monoisotopic (exact) mass is 378 g/mol. The van der Waals surface area contributed by atoms with Gasteiger partial charge in [0, 0.05) is 16.2 Å². The van der Waals surface area contributed by atoms with Crippen LogP contribution < -0.4 is 0 Å². The van der Waals surface area contributed by atoms with Gasteiger partial charge in [-0.05, 0) is 35.7 Å². The van der Waals surface area contributed by atoms with Crippen LogP contribution in [0.15, 0.2) is 87.9 Å². The fourth-order valence-corrected chi connectivity index (χ4v) is 3.45. The summed E-state index contributed by atoms with van der Waals surface area (Å²) in [5.41, 5.74) is 1.17. The lowest BCUT2D eigenvalue weighted by atomic mass is 10.1. The van der Waals surface area contributed by atoms with E-state index in [4.69, 9.17) is 0 Å². The van der Waals surface area contributed by atoms with Gasteiger partial charge in [-0.2, -0.15) is 8.42 Å². The molecule has 0 heterocycles. The van der Waals surface area contributed by atoms with Crippen molar-refractivity contribution in [2.24, 2.45) is 10.2 Å². The Labute approximate surface area is 155 Å². The van der Waals surface area contributed by atoms with Gasteiger partial charge in [0.05, 0.1) is 16.3 Å². The number of azo groups is 1. The SMILES string of the molecule is O=S(=O)(O)c1ccc2c(/N=N/c3cccc4ccccc34)ccc(O)c2c1. The van der Waals surface area contributed by atoms with Crippen LogP contribution >= 0.6 is 0 Å². The standard InChI is InChI=1S/C20H14N2O4S/c23-20-11-10-19(16-9-8-14(12-17(16)20)27(24,25)26)22-21-18-7-3-5-13-4-1-2-6-15(13)18/h1-12,23H,(H,24,25,26)/b22-21+. The lowest BCUT2D eigenvalue weighted by molar-refractivity contribution is 0.481. The minimum absolute atomic E-state index is 0.111. The van der Waals surface area contributed by atoms with Crippen LogP contribution in [0, 0.1) is 0 Å². The Morgan fingerprint density at radius 1 is 0.704 bits per heavy atom. The molecular formula is C20H14N2O4S. The van der Waals surface area contributed by atoms with Crippen LogP contribution in [0.3, 0.4) is 0 Å². The van der Waals surface area contributed by atoms with Gasteiger partial charge in [-0.15, -0.1) is 10.2 Å². The molecule has 0 aliphatic carbocycles. The molecule has 4 rings (SSSR count). The Morgan fingerprint density at radius 2 is 1.41 bits per heavy atom. The predicted octanol–water partition coefficient (Wildman–Crippen LogP) is 5.36. The highest BCUT2D eigenvalue weighted by Gasteiger charge is 2.13. The molecule has 0 aliphatic rings. The fourth-order valence-electron chi connectivity index (χ4n) is 2.95. The van der Waals surface area contributed by atoms with E-state index in [0.29, 0.717) is 16.8 Å². The number of hydrogen-bond acceptors (Lipinski definition) is 5. The maximum Gasteiger partial charge on any atom is 0.294 e. The minimum Gasteiger partial charge on any atom is -0.507 e. The number of rotatable bonds is 3. The molecule has 0 unspecified atom stereocenters. The van der Waals surface area contributed by atoms with Gasteiger partial charge >= 0.3 is 0 Å². The van der Waals surface area contributed by atoms with E-state index < -0.39 is 10.1 Å². The molecule has 4 aromatic carbocycles. The average molecular weight is 378 g/mol. The van der Waals surface area contributed by atoms with Crippen molar-refractivity contribution in [1.82, 2.24) is 0 Å². The van der Waals surface area contributed by atoms with Gasteiger partial charge in [-0.3, -0.25) is 4.55 Å². The first-order valence-corrected chi connectivity index (χ1v) is 9.50. The minimum atomic E-state index is -4.37. The zero-order chi connectivity index (χ0) is 19.0. The van der Waals surface area contributed by atoms with Crippen molar-refractivity contribution in [2.75, 3.05) is 0 Å². The lowest BCUT2D eigenvalue weighted by Crippen LogP contribution is -1.97. The number of nitrogens with zero attached hydrogens (tertiary/aromatic N) is 2. The highest BCUT2D eigenvalue weighted by atomic mass is 32.2. The highest BCUT2D eigenvalue weighted by molar-refractivity contribution is 7.85. The summed E-state index contributed by atoms with van der Waals surface area (Å²) in [5.74, 6) is -0.111. The normalized spacial score (nSPS) is 12.2. The van der Waals surface area contributed by atoms with Crippen molar-refractivity contribution >= 4 is 43.0 Å². The fraction of sp³-hybridized carbons (Fsp3) is 0. The van der Waals surface area contributed by atoms with E-state index >= 15 is 0 Å². The first-order valence-electron chi connectivity index (χ1n) is 8.06. The predicted molar refractivity (Wildman–Crippen MR) is 104 cm³/mol. The van der Waals surface area contributed by atoms with Crippen LogP contribution in [0.4, 0.5) is 11.4 Å². The Morgan fingerprint density at radius 3 is 2.19 bits per heavy atom. The average Bonchev–Trinajstić information content (AvgIpc) is 2.66. The molecule has 0 fully saturated rings. The summed E-state index contributed by atoms with van der Waals surface area (Å²) in [4.78, 5) is -0.298. The molecule has 4 aromatic rings. The van der Waals surface area contributed by atoms with Gasteiger partial charge in [-0.1, -0.05) is 42.5 Å². The summed E-state index contributed by atoms with van der Waals surface area (Å²) in [6.45, 7) is 0. The van der Waals surface area contributed by atoms with Crippen molar-refractivity contribution in [3.63, 3.8) is 0 Å². The third-order valence-electron chi connectivity index (χ3n) is 4.27. The van der Waals surface area contributed by atoms with E-state index in [-0.39, 0.29) is 16.0 Å². The van der Waals surface area contributed by atoms with E-state index in [1.54, 1.807) is 6.07 Å². The lowest BCUT2D eigenvalue weighted by Gasteiger charge is -2.06. The molecule has 0 amide bonds. The molecule has 0 saturated carbocycles. The zero-order valence-corrected chi connectivity index (χ0v) is 14.8. The number of hydrogen-bond donors (Lipinski definition) is 2. The Kier molecular flexibility index (Phi) is 4.10. The summed E-state index contributed by atoms with van der Waals surface area (Å²) in [7, 11) is -4.37. The molecule has 2 N–H and O–H groups in total. The second-order valence-corrected chi connectivity index (χ2v) is 7.41. The molecule has 6 nitrogen and oxygen atoms in total. The summed E-state index contributed by atoms with van der Waals surface area (Å²) < 4.78 is 31.9. The van der Waals surface area contributed by atoms with Crippen LogP contribution in [-0.2, 0) is 10.1 Å². The third kappa shape index (κ3) is 3.25. The Balaban J connectivity index is 1.84. The molecule has 0 aliphatic heterocycles. The van der Waals surface area contributed by atoms with E-state index in [0.717, 1.165) is 10.8 Å². The molecule has 134 valence electrons. The van der Waals surface area contributed by atoms with Crippen molar-refractivity contribution in [3.8, 4) is 5.75 Å². The second-order valence-electron chi connectivity index (χ2n) is 5.98. The van der Waals surface area contributed by atoms with Crippen molar-refractivity contribution in [3.05, 3.63) is 72.8 Å². The summed E-state index contributed by atoms with van der Waals surface area (Å²) >= 11 is 0. The van der Waals surface area contributed by atoms with Gasteiger partial charge in [0.1, 0.15) is 5.75 Å². The van der Waals surface area contributed by atoms with Crippen LogP contribution in [0.25, 0.3) is 21.5 Å².